The van der Waals surface area contributed by atoms with Crippen molar-refractivity contribution in [1.82, 2.24) is 0 Å². The molecule has 3 nitrogen and oxygen atoms in total. The van der Waals surface area contributed by atoms with Gasteiger partial charge in [0.05, 0.1) is 12.1 Å². The molecule has 0 atom stereocenters. The van der Waals surface area contributed by atoms with Gasteiger partial charge in [0.2, 0.25) is 0 Å². The lowest BCUT2D eigenvalue weighted by Crippen LogP contribution is -2.54. The van der Waals surface area contributed by atoms with Crippen LogP contribution in [0.3, 0.4) is 0 Å². The molecule has 1 spiro atoms. The Morgan fingerprint density at radius 3 is 2.56 bits per heavy atom. The lowest BCUT2D eigenvalue weighted by Gasteiger charge is -2.41. The molecule has 2 aliphatic rings. The molecule has 96 valence electrons. The predicted octanol–water partition coefficient (Wildman–Crippen LogP) is 2.85. The number of aliphatic imine (C=N–C) groups is 1. The number of nitrogens with zero attached hydrogens (tertiary/aromatic N) is 2. The molecule has 0 aliphatic carbocycles. The monoisotopic (exact) mass is 325 g/mol. The van der Waals surface area contributed by atoms with Crippen LogP contribution >= 0.6 is 27.7 Å². The number of benzene rings is 1. The molecule has 1 aromatic carbocycles. The predicted molar refractivity (Wildman–Crippen MR) is 82.4 cm³/mol. The molecule has 2 aliphatic heterocycles. The first-order valence-corrected chi connectivity index (χ1v) is 8.10. The van der Waals surface area contributed by atoms with Crippen LogP contribution in [0, 0.1) is 0 Å². The largest absolute Gasteiger partial charge is 0.369 e. The van der Waals surface area contributed by atoms with E-state index < -0.39 is 0 Å². The van der Waals surface area contributed by atoms with E-state index >= 15 is 0 Å². The third kappa shape index (κ3) is 2.03. The number of hydrogen-bond donors (Lipinski definition) is 1. The minimum absolute atomic E-state index is 0.128. The third-order valence-corrected chi connectivity index (χ3v) is 5.26. The summed E-state index contributed by atoms with van der Waals surface area (Å²) in [5.41, 5.74) is 7.40. The Hall–Kier alpha value is -0.680. The lowest BCUT2D eigenvalue weighted by atomic mass is 9.90. The highest BCUT2D eigenvalue weighted by molar-refractivity contribution is 9.10. The van der Waals surface area contributed by atoms with Crippen molar-refractivity contribution < 1.29 is 0 Å². The Morgan fingerprint density at radius 1 is 1.22 bits per heavy atom. The van der Waals surface area contributed by atoms with Gasteiger partial charge in [0.15, 0.2) is 5.96 Å². The minimum Gasteiger partial charge on any atom is -0.369 e. The Balaban J connectivity index is 1.96. The SMILES string of the molecule is NC1=NCC2(CCSCC2)N1c1ccc(Br)cc1. The van der Waals surface area contributed by atoms with E-state index in [-0.39, 0.29) is 5.54 Å². The summed E-state index contributed by atoms with van der Waals surface area (Å²) in [6.45, 7) is 0.843. The molecule has 0 amide bonds. The molecule has 0 aromatic heterocycles. The van der Waals surface area contributed by atoms with Gasteiger partial charge in [0.25, 0.3) is 0 Å². The van der Waals surface area contributed by atoms with E-state index in [2.05, 4.69) is 50.1 Å². The van der Waals surface area contributed by atoms with Gasteiger partial charge < -0.3 is 10.6 Å². The maximum Gasteiger partial charge on any atom is 0.196 e. The summed E-state index contributed by atoms with van der Waals surface area (Å²) < 4.78 is 1.09. The van der Waals surface area contributed by atoms with Gasteiger partial charge in [-0.1, -0.05) is 15.9 Å². The van der Waals surface area contributed by atoms with Crippen molar-refractivity contribution in [2.24, 2.45) is 10.7 Å². The maximum atomic E-state index is 6.11. The fraction of sp³-hybridized carbons (Fsp3) is 0.462. The maximum absolute atomic E-state index is 6.11. The standard InChI is InChI=1S/C13H16BrN3S/c14-10-1-3-11(4-2-10)17-12(15)16-9-13(17)5-7-18-8-6-13/h1-4H,5-9H2,(H2,15,16). The molecule has 5 heteroatoms. The number of anilines is 1. The van der Waals surface area contributed by atoms with Crippen LogP contribution in [0.1, 0.15) is 12.8 Å². The van der Waals surface area contributed by atoms with Crippen molar-refractivity contribution in [2.75, 3.05) is 23.0 Å². The Bertz CT molecular complexity index is 466. The van der Waals surface area contributed by atoms with Crippen molar-refractivity contribution in [1.29, 1.82) is 0 Å². The average Bonchev–Trinajstić information content (AvgIpc) is 2.69. The number of hydrogen-bond acceptors (Lipinski definition) is 4. The summed E-state index contributed by atoms with van der Waals surface area (Å²) in [6, 6.07) is 8.35. The molecule has 0 radical (unpaired) electrons. The van der Waals surface area contributed by atoms with Gasteiger partial charge >= 0.3 is 0 Å². The summed E-state index contributed by atoms with van der Waals surface area (Å²) in [4.78, 5) is 6.74. The van der Waals surface area contributed by atoms with Crippen LogP contribution in [-0.2, 0) is 0 Å². The third-order valence-electron chi connectivity index (χ3n) is 3.75. The van der Waals surface area contributed by atoms with Gasteiger partial charge in [-0.2, -0.15) is 11.8 Å². The van der Waals surface area contributed by atoms with E-state index in [4.69, 9.17) is 5.73 Å². The molecule has 1 fully saturated rings. The second-order valence-electron chi connectivity index (χ2n) is 4.82. The van der Waals surface area contributed by atoms with Gasteiger partial charge in [-0.15, -0.1) is 0 Å². The highest BCUT2D eigenvalue weighted by Gasteiger charge is 2.43. The fourth-order valence-corrected chi connectivity index (χ4v) is 4.26. The Morgan fingerprint density at radius 2 is 1.89 bits per heavy atom. The first kappa shape index (κ1) is 12.4. The van der Waals surface area contributed by atoms with Crippen molar-refractivity contribution in [3.63, 3.8) is 0 Å². The zero-order valence-corrected chi connectivity index (χ0v) is 12.5. The molecule has 2 N–H and O–H groups in total. The summed E-state index contributed by atoms with van der Waals surface area (Å²) in [5, 5.41) is 0. The summed E-state index contributed by atoms with van der Waals surface area (Å²) in [6.07, 6.45) is 2.33. The quantitative estimate of drug-likeness (QED) is 0.863. The fourth-order valence-electron chi connectivity index (χ4n) is 2.74. The van der Waals surface area contributed by atoms with Crippen molar-refractivity contribution in [3.05, 3.63) is 28.7 Å². The van der Waals surface area contributed by atoms with Crippen LogP contribution in [0.2, 0.25) is 0 Å². The van der Waals surface area contributed by atoms with Crippen molar-refractivity contribution in [2.45, 2.75) is 18.4 Å². The summed E-state index contributed by atoms with van der Waals surface area (Å²) in [7, 11) is 0. The van der Waals surface area contributed by atoms with E-state index in [9.17, 15) is 0 Å². The van der Waals surface area contributed by atoms with Gasteiger partial charge in [0.1, 0.15) is 0 Å². The second-order valence-corrected chi connectivity index (χ2v) is 6.96. The number of thioether (sulfide) groups is 1. The number of nitrogens with two attached hydrogens (primary N) is 1. The van der Waals surface area contributed by atoms with Crippen LogP contribution < -0.4 is 10.6 Å². The molecule has 0 bridgehead atoms. The highest BCUT2D eigenvalue weighted by Crippen LogP contribution is 2.39. The minimum atomic E-state index is 0.128. The van der Waals surface area contributed by atoms with E-state index in [1.165, 1.54) is 11.5 Å². The summed E-state index contributed by atoms with van der Waals surface area (Å²) in [5.74, 6) is 3.08. The second kappa shape index (κ2) is 4.78. The molecular formula is C13H16BrN3S. The van der Waals surface area contributed by atoms with E-state index in [1.54, 1.807) is 0 Å². The van der Waals surface area contributed by atoms with Gasteiger partial charge in [-0.3, -0.25) is 4.99 Å². The number of guanidine groups is 1. The Kier molecular flexibility index (Phi) is 3.28. The first-order chi connectivity index (χ1) is 8.71. The lowest BCUT2D eigenvalue weighted by molar-refractivity contribution is 0.424. The summed E-state index contributed by atoms with van der Waals surface area (Å²) >= 11 is 5.50. The number of rotatable bonds is 1. The molecular weight excluding hydrogens is 310 g/mol. The first-order valence-electron chi connectivity index (χ1n) is 6.15. The van der Waals surface area contributed by atoms with Crippen LogP contribution in [0.5, 0.6) is 0 Å². The van der Waals surface area contributed by atoms with Crippen molar-refractivity contribution >= 4 is 39.3 Å². The normalized spacial score (nSPS) is 22.3. The van der Waals surface area contributed by atoms with E-state index in [1.807, 2.05) is 11.8 Å². The zero-order valence-electron chi connectivity index (χ0n) is 10.1. The zero-order chi connectivity index (χ0) is 12.6. The van der Waals surface area contributed by atoms with Gasteiger partial charge in [-0.25, -0.2) is 0 Å². The molecule has 1 aromatic rings. The Labute approximate surface area is 120 Å². The molecule has 0 saturated carbocycles. The molecule has 3 rings (SSSR count). The van der Waals surface area contributed by atoms with Crippen LogP contribution in [0.4, 0.5) is 5.69 Å². The molecule has 18 heavy (non-hydrogen) atoms. The molecule has 0 unspecified atom stereocenters. The average molecular weight is 326 g/mol. The van der Waals surface area contributed by atoms with Crippen LogP contribution in [0.15, 0.2) is 33.7 Å². The number of halogens is 1. The molecule has 2 heterocycles. The topological polar surface area (TPSA) is 41.6 Å². The van der Waals surface area contributed by atoms with Crippen molar-refractivity contribution in [3.8, 4) is 0 Å². The van der Waals surface area contributed by atoms with Gasteiger partial charge in [-0.05, 0) is 48.6 Å². The van der Waals surface area contributed by atoms with E-state index in [0.29, 0.717) is 5.96 Å². The highest BCUT2D eigenvalue weighted by atomic mass is 79.9. The van der Waals surface area contributed by atoms with Gasteiger partial charge in [0, 0.05) is 10.2 Å². The smallest absolute Gasteiger partial charge is 0.196 e. The van der Waals surface area contributed by atoms with E-state index in [0.717, 1.165) is 29.5 Å². The van der Waals surface area contributed by atoms with Crippen LogP contribution in [-0.4, -0.2) is 29.5 Å². The molecule has 1 saturated heterocycles. The van der Waals surface area contributed by atoms with Crippen LogP contribution in [0.25, 0.3) is 0 Å².